The molecule has 0 N–H and O–H groups in total. The molecule has 0 saturated heterocycles. The van der Waals surface area contributed by atoms with Crippen LogP contribution in [0.2, 0.25) is 0 Å². The summed E-state index contributed by atoms with van der Waals surface area (Å²) in [5.74, 6) is 0.922. The summed E-state index contributed by atoms with van der Waals surface area (Å²) in [6.45, 7) is 2.37. The highest BCUT2D eigenvalue weighted by Crippen LogP contribution is 2.27. The van der Waals surface area contributed by atoms with Crippen molar-refractivity contribution in [3.63, 3.8) is 0 Å². The molecular weight excluding hydrogens is 649 g/mol. The van der Waals surface area contributed by atoms with Gasteiger partial charge in [-0.05, 0) is 96.7 Å². The van der Waals surface area contributed by atoms with Crippen LogP contribution in [0.1, 0.15) is 64.6 Å². The van der Waals surface area contributed by atoms with E-state index >= 15 is 0 Å². The van der Waals surface area contributed by atoms with E-state index in [1.807, 2.05) is 12.1 Å². The molecule has 0 heterocycles. The van der Waals surface area contributed by atoms with E-state index in [1.165, 1.54) is 56.8 Å². The van der Waals surface area contributed by atoms with Gasteiger partial charge in [0.15, 0.2) is 0 Å². The Morgan fingerprint density at radius 2 is 0.962 bits per heavy atom. The van der Waals surface area contributed by atoms with E-state index in [-0.39, 0.29) is 0 Å². The summed E-state index contributed by atoms with van der Waals surface area (Å²) >= 11 is 0. The van der Waals surface area contributed by atoms with Crippen molar-refractivity contribution in [1.82, 2.24) is 5.01 Å². The van der Waals surface area contributed by atoms with Gasteiger partial charge in [-0.3, -0.25) is 10.0 Å². The second-order valence-corrected chi connectivity index (χ2v) is 13.7. The lowest BCUT2D eigenvalue weighted by Gasteiger charge is -2.24. The molecule has 0 fully saturated rings. The lowest BCUT2D eigenvalue weighted by Crippen LogP contribution is -2.22. The number of aryl methyl sites for hydroxylation is 2. The maximum atomic E-state index is 5.40. The lowest BCUT2D eigenvalue weighted by atomic mass is 9.90. The van der Waals surface area contributed by atoms with Crippen LogP contribution < -0.4 is 9.75 Å². The minimum Gasteiger partial charge on any atom is -0.497 e. The van der Waals surface area contributed by atoms with Gasteiger partial charge in [0, 0.05) is 11.1 Å². The van der Waals surface area contributed by atoms with Gasteiger partial charge in [-0.1, -0.05) is 133 Å². The number of fused-ring (bicyclic) bond motifs is 2. The third kappa shape index (κ3) is 9.69. The number of anilines is 1. The average molecular weight is 697 g/mol. The molecule has 2 aliphatic rings. The summed E-state index contributed by atoms with van der Waals surface area (Å²) in [4.78, 5) is 0. The monoisotopic (exact) mass is 696 g/mol. The molecule has 0 atom stereocenters. The summed E-state index contributed by atoms with van der Waals surface area (Å²) < 4.78 is 5.40. The standard InChI is InChI=1S/C25H26N2O.C23H22N2/c1-28-23-15-16-24-22(17-23)13-8-14-25(24)26-27(18-20-9-4-2-5-10-20)19-21-11-6-3-7-12-21;1-3-10-19(11-4-1)18-25(21-14-5-2-6-15-21)24-23-17-9-13-20-12-7-8-16-22(20)23/h2-7,9-12,15-17H,8,13-14,18-19H2,1H3;1-8,10-12,14-16H,9,13,17-18H2. The van der Waals surface area contributed by atoms with E-state index in [0.29, 0.717) is 0 Å². The molecular formula is C48H48N4O. The molecule has 6 aromatic carbocycles. The quantitative estimate of drug-likeness (QED) is 0.134. The van der Waals surface area contributed by atoms with Crippen LogP contribution in [0.4, 0.5) is 5.69 Å². The molecule has 0 saturated carbocycles. The molecule has 53 heavy (non-hydrogen) atoms. The first-order valence-electron chi connectivity index (χ1n) is 18.8. The summed E-state index contributed by atoms with van der Waals surface area (Å²) in [5.41, 5.74) is 12.6. The number of para-hydroxylation sites is 1. The van der Waals surface area contributed by atoms with Crippen LogP contribution in [-0.4, -0.2) is 23.5 Å². The number of rotatable bonds is 10. The van der Waals surface area contributed by atoms with Crippen molar-refractivity contribution in [2.75, 3.05) is 12.1 Å². The highest BCUT2D eigenvalue weighted by Gasteiger charge is 2.19. The number of hydrogen-bond donors (Lipinski definition) is 0. The zero-order valence-corrected chi connectivity index (χ0v) is 30.6. The van der Waals surface area contributed by atoms with Crippen molar-refractivity contribution < 1.29 is 4.74 Å². The largest absolute Gasteiger partial charge is 0.497 e. The number of hydrazone groups is 2. The summed E-state index contributed by atoms with van der Waals surface area (Å²) in [5, 5.41) is 14.6. The summed E-state index contributed by atoms with van der Waals surface area (Å²) in [6.07, 6.45) is 6.59. The van der Waals surface area contributed by atoms with Crippen molar-refractivity contribution in [3.05, 3.63) is 203 Å². The molecule has 0 unspecified atom stereocenters. The molecule has 266 valence electrons. The second kappa shape index (κ2) is 18.0. The number of hydrogen-bond acceptors (Lipinski definition) is 5. The number of nitrogens with zero attached hydrogens (tertiary/aromatic N) is 4. The van der Waals surface area contributed by atoms with Crippen LogP contribution in [0.5, 0.6) is 5.75 Å². The SMILES string of the molecule is COc1ccc2c(c1)CCCC2=NN(Cc1ccccc1)Cc1ccccc1.c1ccc(CN(N=C2CCCc3ccccc32)c2ccccc2)cc1. The van der Waals surface area contributed by atoms with Crippen LogP contribution in [0.3, 0.4) is 0 Å². The Morgan fingerprint density at radius 3 is 1.57 bits per heavy atom. The molecule has 0 bridgehead atoms. The fourth-order valence-electron chi connectivity index (χ4n) is 7.15. The first-order chi connectivity index (χ1) is 26.2. The van der Waals surface area contributed by atoms with Gasteiger partial charge in [0.25, 0.3) is 0 Å². The molecule has 6 aromatic rings. The Hall–Kier alpha value is -5.94. The Labute approximate surface area is 314 Å². The van der Waals surface area contributed by atoms with Crippen LogP contribution in [0.25, 0.3) is 0 Å². The third-order valence-electron chi connectivity index (χ3n) is 9.82. The van der Waals surface area contributed by atoms with Gasteiger partial charge in [0.1, 0.15) is 5.75 Å². The Balaban J connectivity index is 0.000000165. The minimum absolute atomic E-state index is 0.774. The van der Waals surface area contributed by atoms with E-state index in [1.54, 1.807) is 7.11 Å². The number of benzene rings is 6. The maximum Gasteiger partial charge on any atom is 0.119 e. The molecule has 8 rings (SSSR count). The zero-order valence-electron chi connectivity index (χ0n) is 30.6. The Bertz CT molecular complexity index is 2060. The minimum atomic E-state index is 0.774. The van der Waals surface area contributed by atoms with E-state index < -0.39 is 0 Å². The first kappa shape index (κ1) is 35.5. The third-order valence-corrected chi connectivity index (χ3v) is 9.82. The predicted molar refractivity (Wildman–Crippen MR) is 220 cm³/mol. The molecule has 0 aliphatic heterocycles. The predicted octanol–water partition coefficient (Wildman–Crippen LogP) is 10.9. The highest BCUT2D eigenvalue weighted by molar-refractivity contribution is 6.03. The molecule has 0 amide bonds. The van der Waals surface area contributed by atoms with Gasteiger partial charge < -0.3 is 4.74 Å². The van der Waals surface area contributed by atoms with Crippen molar-refractivity contribution in [3.8, 4) is 5.75 Å². The van der Waals surface area contributed by atoms with Crippen molar-refractivity contribution in [1.29, 1.82) is 0 Å². The molecule has 5 nitrogen and oxygen atoms in total. The van der Waals surface area contributed by atoms with Crippen LogP contribution in [0.15, 0.2) is 174 Å². The van der Waals surface area contributed by atoms with Gasteiger partial charge >= 0.3 is 0 Å². The van der Waals surface area contributed by atoms with Gasteiger partial charge in [-0.15, -0.1) is 0 Å². The summed E-state index contributed by atoms with van der Waals surface area (Å²) in [7, 11) is 1.72. The average Bonchev–Trinajstić information content (AvgIpc) is 3.22. The molecule has 5 heteroatoms. The lowest BCUT2D eigenvalue weighted by molar-refractivity contribution is 0.270. The molecule has 2 aliphatic carbocycles. The fraction of sp³-hybridized carbons (Fsp3) is 0.208. The van der Waals surface area contributed by atoms with Crippen molar-refractivity contribution in [2.45, 2.75) is 58.2 Å². The first-order valence-corrected chi connectivity index (χ1v) is 18.8. The number of methoxy groups -OCH3 is 1. The van der Waals surface area contributed by atoms with Gasteiger partial charge in [0.2, 0.25) is 0 Å². The molecule has 0 aromatic heterocycles. The second-order valence-electron chi connectivity index (χ2n) is 13.7. The van der Waals surface area contributed by atoms with Gasteiger partial charge in [-0.2, -0.15) is 10.2 Å². The Kier molecular flexibility index (Phi) is 12.1. The fourth-order valence-corrected chi connectivity index (χ4v) is 7.15. The van der Waals surface area contributed by atoms with Gasteiger partial charge in [-0.25, -0.2) is 0 Å². The van der Waals surface area contributed by atoms with Crippen LogP contribution in [-0.2, 0) is 32.5 Å². The van der Waals surface area contributed by atoms with Crippen LogP contribution in [0, 0.1) is 0 Å². The van der Waals surface area contributed by atoms with E-state index in [2.05, 4.69) is 162 Å². The van der Waals surface area contributed by atoms with Crippen molar-refractivity contribution >= 4 is 17.1 Å². The van der Waals surface area contributed by atoms with Crippen LogP contribution >= 0.6 is 0 Å². The normalized spacial score (nSPS) is 14.7. The smallest absolute Gasteiger partial charge is 0.119 e. The highest BCUT2D eigenvalue weighted by atomic mass is 16.5. The zero-order chi connectivity index (χ0) is 36.1. The Morgan fingerprint density at radius 1 is 0.472 bits per heavy atom. The topological polar surface area (TPSA) is 40.4 Å². The van der Waals surface area contributed by atoms with Crippen molar-refractivity contribution in [2.24, 2.45) is 10.2 Å². The van der Waals surface area contributed by atoms with Gasteiger partial charge in [0.05, 0.1) is 43.9 Å². The maximum absolute atomic E-state index is 5.40. The van der Waals surface area contributed by atoms with E-state index in [4.69, 9.17) is 14.9 Å². The van der Waals surface area contributed by atoms with E-state index in [0.717, 1.165) is 63.2 Å². The molecule has 0 radical (unpaired) electrons. The number of ether oxygens (including phenoxy) is 1. The van der Waals surface area contributed by atoms with E-state index in [9.17, 15) is 0 Å². The summed E-state index contributed by atoms with van der Waals surface area (Å²) in [6, 6.07) is 57.1. The molecule has 0 spiro atoms.